The van der Waals surface area contributed by atoms with Crippen LogP contribution in [0.15, 0.2) is 16.8 Å². The molecule has 2 unspecified atom stereocenters. The minimum Gasteiger partial charge on any atom is -0.302 e. The van der Waals surface area contributed by atoms with E-state index >= 15 is 0 Å². The maximum absolute atomic E-state index is 12.2. The second-order valence-corrected chi connectivity index (χ2v) is 3.85. The standard InChI is InChI=1S/C9H13F2NS/c1-6(8-3-4-13-5-8)12-7(2)9(10)11/h3-7,9,12H,1-2H3. The first-order valence-electron chi connectivity index (χ1n) is 4.17. The van der Waals surface area contributed by atoms with E-state index in [-0.39, 0.29) is 6.04 Å². The minimum absolute atomic E-state index is 0.00440. The van der Waals surface area contributed by atoms with Gasteiger partial charge in [0.25, 0.3) is 6.43 Å². The third kappa shape index (κ3) is 3.04. The van der Waals surface area contributed by atoms with Crippen LogP contribution in [0.1, 0.15) is 25.5 Å². The van der Waals surface area contributed by atoms with Crippen molar-refractivity contribution in [3.8, 4) is 0 Å². The summed E-state index contributed by atoms with van der Waals surface area (Å²) in [6.45, 7) is 3.38. The molecule has 0 aliphatic rings. The number of nitrogens with one attached hydrogen (secondary N) is 1. The normalized spacial score (nSPS) is 16.1. The quantitative estimate of drug-likeness (QED) is 0.796. The highest BCUT2D eigenvalue weighted by molar-refractivity contribution is 7.07. The van der Waals surface area contributed by atoms with Gasteiger partial charge in [-0.1, -0.05) is 0 Å². The average molecular weight is 205 g/mol. The lowest BCUT2D eigenvalue weighted by Crippen LogP contribution is -2.34. The van der Waals surface area contributed by atoms with Gasteiger partial charge in [0.1, 0.15) is 0 Å². The van der Waals surface area contributed by atoms with Crippen molar-refractivity contribution >= 4 is 11.3 Å². The van der Waals surface area contributed by atoms with Gasteiger partial charge in [-0.25, -0.2) is 8.78 Å². The summed E-state index contributed by atoms with van der Waals surface area (Å²) in [5, 5.41) is 6.75. The Morgan fingerprint density at radius 2 is 2.08 bits per heavy atom. The van der Waals surface area contributed by atoms with E-state index in [0.717, 1.165) is 5.56 Å². The van der Waals surface area contributed by atoms with E-state index in [4.69, 9.17) is 0 Å². The summed E-state index contributed by atoms with van der Waals surface area (Å²) in [6, 6.07) is 1.19. The van der Waals surface area contributed by atoms with Gasteiger partial charge in [0.05, 0.1) is 6.04 Å². The van der Waals surface area contributed by atoms with Crippen LogP contribution in [0.2, 0.25) is 0 Å². The van der Waals surface area contributed by atoms with Gasteiger partial charge >= 0.3 is 0 Å². The van der Waals surface area contributed by atoms with Crippen LogP contribution in [-0.2, 0) is 0 Å². The van der Waals surface area contributed by atoms with Crippen molar-refractivity contribution in [2.75, 3.05) is 0 Å². The predicted molar refractivity (Wildman–Crippen MR) is 51.3 cm³/mol. The molecule has 0 spiro atoms. The summed E-state index contributed by atoms with van der Waals surface area (Å²) in [5.74, 6) is 0. The summed E-state index contributed by atoms with van der Waals surface area (Å²) in [7, 11) is 0. The molecule has 1 nitrogen and oxygen atoms in total. The Morgan fingerprint density at radius 3 is 2.54 bits per heavy atom. The van der Waals surface area contributed by atoms with Crippen molar-refractivity contribution in [1.29, 1.82) is 0 Å². The van der Waals surface area contributed by atoms with Crippen molar-refractivity contribution in [2.45, 2.75) is 32.4 Å². The molecular formula is C9H13F2NS. The fraction of sp³-hybridized carbons (Fsp3) is 0.556. The lowest BCUT2D eigenvalue weighted by atomic mass is 10.1. The van der Waals surface area contributed by atoms with Gasteiger partial charge in [0.15, 0.2) is 0 Å². The summed E-state index contributed by atoms with van der Waals surface area (Å²) < 4.78 is 24.3. The Balaban J connectivity index is 2.46. The molecule has 0 aromatic carbocycles. The third-order valence-corrected chi connectivity index (χ3v) is 2.64. The Morgan fingerprint density at radius 1 is 1.38 bits per heavy atom. The number of halogens is 2. The molecule has 4 heteroatoms. The van der Waals surface area contributed by atoms with Crippen LogP contribution in [0.5, 0.6) is 0 Å². The summed E-state index contributed by atoms with van der Waals surface area (Å²) >= 11 is 1.58. The molecule has 0 saturated carbocycles. The van der Waals surface area contributed by atoms with Crippen molar-refractivity contribution in [3.05, 3.63) is 22.4 Å². The molecule has 0 radical (unpaired) electrons. The smallest absolute Gasteiger partial charge is 0.253 e. The van der Waals surface area contributed by atoms with Gasteiger partial charge < -0.3 is 5.32 Å². The van der Waals surface area contributed by atoms with Gasteiger partial charge in [0.2, 0.25) is 0 Å². The average Bonchev–Trinajstić information content (AvgIpc) is 2.55. The lowest BCUT2D eigenvalue weighted by Gasteiger charge is -2.18. The topological polar surface area (TPSA) is 12.0 Å². The van der Waals surface area contributed by atoms with E-state index in [1.807, 2.05) is 23.8 Å². The van der Waals surface area contributed by atoms with Crippen LogP contribution >= 0.6 is 11.3 Å². The van der Waals surface area contributed by atoms with E-state index in [0.29, 0.717) is 0 Å². The summed E-state index contributed by atoms with van der Waals surface area (Å²) in [5.41, 5.74) is 1.07. The molecule has 0 amide bonds. The van der Waals surface area contributed by atoms with Crippen LogP contribution in [0.4, 0.5) is 8.78 Å². The molecule has 1 N–H and O–H groups in total. The number of thiophene rings is 1. The molecule has 0 fully saturated rings. The zero-order valence-corrected chi connectivity index (χ0v) is 8.44. The minimum atomic E-state index is -2.30. The largest absolute Gasteiger partial charge is 0.302 e. The molecule has 74 valence electrons. The molecule has 0 bridgehead atoms. The lowest BCUT2D eigenvalue weighted by molar-refractivity contribution is 0.101. The monoisotopic (exact) mass is 205 g/mol. The van der Waals surface area contributed by atoms with Crippen molar-refractivity contribution < 1.29 is 8.78 Å². The first-order valence-corrected chi connectivity index (χ1v) is 5.12. The number of rotatable bonds is 4. The third-order valence-electron chi connectivity index (χ3n) is 1.93. The first-order chi connectivity index (χ1) is 6.11. The molecule has 0 aliphatic carbocycles. The van der Waals surface area contributed by atoms with Crippen LogP contribution in [0.25, 0.3) is 0 Å². The molecule has 1 rings (SSSR count). The molecule has 2 atom stereocenters. The van der Waals surface area contributed by atoms with Crippen LogP contribution in [0.3, 0.4) is 0 Å². The first kappa shape index (κ1) is 10.6. The zero-order valence-electron chi connectivity index (χ0n) is 7.63. The van der Waals surface area contributed by atoms with Crippen molar-refractivity contribution in [2.24, 2.45) is 0 Å². The van der Waals surface area contributed by atoms with E-state index in [1.165, 1.54) is 6.92 Å². The van der Waals surface area contributed by atoms with Crippen LogP contribution in [-0.4, -0.2) is 12.5 Å². The van der Waals surface area contributed by atoms with E-state index in [9.17, 15) is 8.78 Å². The van der Waals surface area contributed by atoms with E-state index in [2.05, 4.69) is 5.32 Å². The number of hydrogen-bond donors (Lipinski definition) is 1. The Hall–Kier alpha value is -0.480. The summed E-state index contributed by atoms with van der Waals surface area (Å²) in [4.78, 5) is 0. The van der Waals surface area contributed by atoms with Gasteiger partial charge in [-0.15, -0.1) is 0 Å². The van der Waals surface area contributed by atoms with E-state index in [1.54, 1.807) is 11.3 Å². The fourth-order valence-corrected chi connectivity index (χ4v) is 1.84. The fourth-order valence-electron chi connectivity index (χ4n) is 1.08. The SMILES string of the molecule is CC(NC(C)C(F)F)c1ccsc1. The van der Waals surface area contributed by atoms with Gasteiger partial charge in [-0.2, -0.15) is 11.3 Å². The molecule has 0 aliphatic heterocycles. The Kier molecular flexibility index (Phi) is 3.81. The zero-order chi connectivity index (χ0) is 9.84. The second kappa shape index (κ2) is 4.67. The number of hydrogen-bond acceptors (Lipinski definition) is 2. The Bertz CT molecular complexity index is 236. The second-order valence-electron chi connectivity index (χ2n) is 3.07. The highest BCUT2D eigenvalue weighted by atomic mass is 32.1. The van der Waals surface area contributed by atoms with Crippen molar-refractivity contribution in [3.63, 3.8) is 0 Å². The van der Waals surface area contributed by atoms with Gasteiger partial charge in [0, 0.05) is 6.04 Å². The van der Waals surface area contributed by atoms with Gasteiger partial charge in [-0.05, 0) is 36.2 Å². The highest BCUT2D eigenvalue weighted by Gasteiger charge is 2.17. The van der Waals surface area contributed by atoms with Crippen molar-refractivity contribution in [1.82, 2.24) is 5.32 Å². The molecule has 1 aromatic heterocycles. The summed E-state index contributed by atoms with van der Waals surface area (Å²) in [6.07, 6.45) is -2.30. The molecule has 0 saturated heterocycles. The molecule has 1 heterocycles. The molecule has 1 aromatic rings. The molecular weight excluding hydrogens is 192 g/mol. The van der Waals surface area contributed by atoms with E-state index < -0.39 is 12.5 Å². The maximum atomic E-state index is 12.2. The van der Waals surface area contributed by atoms with Crippen LogP contribution in [0, 0.1) is 0 Å². The predicted octanol–water partition coefficient (Wildman–Crippen LogP) is 3.05. The number of alkyl halides is 2. The maximum Gasteiger partial charge on any atom is 0.253 e. The van der Waals surface area contributed by atoms with Crippen LogP contribution < -0.4 is 5.32 Å². The van der Waals surface area contributed by atoms with Gasteiger partial charge in [-0.3, -0.25) is 0 Å². The molecule has 13 heavy (non-hydrogen) atoms. The highest BCUT2D eigenvalue weighted by Crippen LogP contribution is 2.17. The Labute approximate surface area is 80.8 Å².